The Morgan fingerprint density at radius 3 is 2.92 bits per heavy atom. The first-order valence-corrected chi connectivity index (χ1v) is 9.22. The Morgan fingerprint density at radius 2 is 2.25 bits per heavy atom. The fourth-order valence-electron chi connectivity index (χ4n) is 3.25. The van der Waals surface area contributed by atoms with E-state index < -0.39 is 13.1 Å². The molecule has 0 unspecified atom stereocenters. The minimum atomic E-state index is -1.00. The summed E-state index contributed by atoms with van der Waals surface area (Å²) in [5, 5.41) is 19.9. The Labute approximate surface area is 146 Å². The molecule has 4 atom stereocenters. The predicted octanol–water partition coefficient (Wildman–Crippen LogP) is 3.27. The number of hydrogen-bond acceptors (Lipinski definition) is 5. The molecule has 0 spiro atoms. The molecular formula is C17H23BO5S. The zero-order valence-corrected chi connectivity index (χ0v) is 15.0. The van der Waals surface area contributed by atoms with Crippen molar-refractivity contribution in [2.75, 3.05) is 13.7 Å². The average Bonchev–Trinajstić information content (AvgIpc) is 3.33. The van der Waals surface area contributed by atoms with E-state index in [1.54, 1.807) is 18.9 Å². The monoisotopic (exact) mass is 350 g/mol. The number of carboxylic acid groups (broad SMARTS) is 1. The molecule has 3 rings (SSSR count). The van der Waals surface area contributed by atoms with Crippen molar-refractivity contribution in [1.29, 1.82) is 0 Å². The van der Waals surface area contributed by atoms with Gasteiger partial charge in [-0.1, -0.05) is 19.9 Å². The van der Waals surface area contributed by atoms with Crippen LogP contribution >= 0.6 is 11.8 Å². The second kappa shape index (κ2) is 6.98. The second-order valence-corrected chi connectivity index (χ2v) is 8.18. The number of fused-ring (bicyclic) bond motifs is 3. The van der Waals surface area contributed by atoms with Crippen molar-refractivity contribution < 1.29 is 24.3 Å². The summed E-state index contributed by atoms with van der Waals surface area (Å²) in [6.45, 7) is 4.94. The maximum absolute atomic E-state index is 11.8. The van der Waals surface area contributed by atoms with E-state index >= 15 is 0 Å². The Bertz CT molecular complexity index is 638. The van der Waals surface area contributed by atoms with Crippen LogP contribution < -0.4 is 4.65 Å². The van der Waals surface area contributed by atoms with Gasteiger partial charge in [-0.2, -0.15) is 0 Å². The van der Waals surface area contributed by atoms with Gasteiger partial charge in [0.25, 0.3) is 0 Å². The highest BCUT2D eigenvalue weighted by Gasteiger charge is 2.54. The molecular weight excluding hydrogens is 327 g/mol. The summed E-state index contributed by atoms with van der Waals surface area (Å²) in [6, 6.07) is 3.86. The van der Waals surface area contributed by atoms with Gasteiger partial charge in [-0.15, -0.1) is 11.8 Å². The Morgan fingerprint density at radius 1 is 1.50 bits per heavy atom. The Balaban J connectivity index is 1.86. The largest absolute Gasteiger partial charge is 0.535 e. The highest BCUT2D eigenvalue weighted by Crippen LogP contribution is 2.60. The molecule has 1 aliphatic heterocycles. The molecule has 130 valence electrons. The lowest BCUT2D eigenvalue weighted by Crippen LogP contribution is -2.27. The van der Waals surface area contributed by atoms with Gasteiger partial charge in [0.2, 0.25) is 0 Å². The van der Waals surface area contributed by atoms with Crippen molar-refractivity contribution in [3.63, 3.8) is 0 Å². The summed E-state index contributed by atoms with van der Waals surface area (Å²) in [7, 11) is 0.795. The zero-order valence-electron chi connectivity index (χ0n) is 14.2. The van der Waals surface area contributed by atoms with E-state index in [1.165, 1.54) is 0 Å². The van der Waals surface area contributed by atoms with Crippen LogP contribution in [0.15, 0.2) is 17.0 Å². The molecule has 24 heavy (non-hydrogen) atoms. The van der Waals surface area contributed by atoms with Crippen LogP contribution in [-0.2, 0) is 4.74 Å². The molecule has 1 heterocycles. The number of hydrogen-bond donors (Lipinski definition) is 2. The fraction of sp³-hybridized carbons (Fsp3) is 0.588. The Hall–Kier alpha value is -1.18. The van der Waals surface area contributed by atoms with Crippen molar-refractivity contribution >= 4 is 24.8 Å². The molecule has 0 bridgehead atoms. The van der Waals surface area contributed by atoms with Gasteiger partial charge in [0.1, 0.15) is 11.3 Å². The molecule has 1 aliphatic carbocycles. The van der Waals surface area contributed by atoms with E-state index in [4.69, 9.17) is 9.39 Å². The maximum atomic E-state index is 11.8. The summed E-state index contributed by atoms with van der Waals surface area (Å²) in [5.74, 6) is 0.101. The van der Waals surface area contributed by atoms with Gasteiger partial charge in [0.15, 0.2) is 0 Å². The van der Waals surface area contributed by atoms with E-state index in [0.717, 1.165) is 18.4 Å². The van der Waals surface area contributed by atoms with Crippen LogP contribution in [0.5, 0.6) is 5.75 Å². The van der Waals surface area contributed by atoms with Crippen LogP contribution in [0.1, 0.15) is 48.5 Å². The highest BCUT2D eigenvalue weighted by atomic mass is 32.2. The third kappa shape index (κ3) is 3.30. The average molecular weight is 350 g/mol. The van der Waals surface area contributed by atoms with E-state index in [-0.39, 0.29) is 22.5 Å². The van der Waals surface area contributed by atoms with Crippen molar-refractivity contribution in [3.05, 3.63) is 23.3 Å². The number of rotatable bonds is 7. The molecule has 2 N–H and O–H groups in total. The first-order valence-electron chi connectivity index (χ1n) is 8.34. The van der Waals surface area contributed by atoms with E-state index in [0.29, 0.717) is 23.2 Å². The molecule has 1 aromatic rings. The number of benzene rings is 1. The lowest BCUT2D eigenvalue weighted by Gasteiger charge is -2.24. The topological polar surface area (TPSA) is 76.0 Å². The highest BCUT2D eigenvalue weighted by molar-refractivity contribution is 8.00. The quantitative estimate of drug-likeness (QED) is 0.581. The number of thioether (sulfide) groups is 1. The third-order valence-corrected chi connectivity index (χ3v) is 6.53. The Kier molecular flexibility index (Phi) is 5.13. The summed E-state index contributed by atoms with van der Waals surface area (Å²) in [6.07, 6.45) is 1.79. The minimum absolute atomic E-state index is 0.116. The zero-order chi connectivity index (χ0) is 17.4. The smallest absolute Gasteiger partial charge is 0.526 e. The molecule has 0 aromatic heterocycles. The van der Waals surface area contributed by atoms with Gasteiger partial charge < -0.3 is 19.5 Å². The van der Waals surface area contributed by atoms with E-state index in [2.05, 4.69) is 13.8 Å². The molecule has 0 amide bonds. The van der Waals surface area contributed by atoms with Gasteiger partial charge in [0, 0.05) is 29.7 Å². The molecule has 5 nitrogen and oxygen atoms in total. The van der Waals surface area contributed by atoms with E-state index in [9.17, 15) is 14.9 Å². The van der Waals surface area contributed by atoms with Gasteiger partial charge in [-0.05, 0) is 36.3 Å². The molecule has 0 radical (unpaired) electrons. The summed E-state index contributed by atoms with van der Waals surface area (Å²) in [4.78, 5) is 12.5. The van der Waals surface area contributed by atoms with Crippen molar-refractivity contribution in [3.8, 4) is 5.75 Å². The van der Waals surface area contributed by atoms with Crippen molar-refractivity contribution in [1.82, 2.24) is 0 Å². The number of carbonyl (C=O) groups is 1. The summed E-state index contributed by atoms with van der Waals surface area (Å²) < 4.78 is 10.7. The van der Waals surface area contributed by atoms with Gasteiger partial charge >= 0.3 is 13.1 Å². The molecule has 7 heteroatoms. The lowest BCUT2D eigenvalue weighted by molar-refractivity contribution is 0.0690. The standard InChI is InChI=1S/C17H23BO5S/c1-9(6-7-22-3)10(2)24-14-5-4-11-12-8-13(12)18(21)23-16(11)15(14)17(19)20/h4-5,9-10,12-13,21H,6-8H2,1-3H3,(H,19,20)/t9-,10+,12+,13+/m0/s1. The molecule has 1 saturated carbocycles. The SMILES string of the molecule is COCC[C@H](C)[C@@H](C)Sc1ccc2c(c1C(=O)O)OB(O)[C@@H]1C[C@H]21. The lowest BCUT2D eigenvalue weighted by atomic mass is 9.77. The van der Waals surface area contributed by atoms with Crippen LogP contribution in [0.4, 0.5) is 0 Å². The minimum Gasteiger partial charge on any atom is -0.535 e. The normalized spacial score (nSPS) is 23.8. The number of ether oxygens (including phenoxy) is 1. The molecule has 1 aromatic carbocycles. The van der Waals surface area contributed by atoms with Crippen LogP contribution in [0.2, 0.25) is 5.82 Å². The first-order chi connectivity index (χ1) is 11.4. The van der Waals surface area contributed by atoms with Crippen molar-refractivity contribution in [2.24, 2.45) is 5.92 Å². The fourth-order valence-corrected chi connectivity index (χ4v) is 4.46. The molecule has 0 saturated heterocycles. The molecule has 1 fully saturated rings. The van der Waals surface area contributed by atoms with E-state index in [1.807, 2.05) is 12.1 Å². The summed E-state index contributed by atoms with van der Waals surface area (Å²) >= 11 is 1.55. The van der Waals surface area contributed by atoms with Crippen LogP contribution in [0.3, 0.4) is 0 Å². The number of aromatic carboxylic acids is 1. The number of methoxy groups -OCH3 is 1. The van der Waals surface area contributed by atoms with Crippen molar-refractivity contribution in [2.45, 2.75) is 48.6 Å². The predicted molar refractivity (Wildman–Crippen MR) is 94.1 cm³/mol. The van der Waals surface area contributed by atoms with Crippen LogP contribution in [0.25, 0.3) is 0 Å². The van der Waals surface area contributed by atoms with Gasteiger partial charge in [-0.25, -0.2) is 4.79 Å². The number of carboxylic acids is 1. The summed E-state index contributed by atoms with van der Waals surface area (Å²) in [5.41, 5.74) is 1.11. The van der Waals surface area contributed by atoms with Crippen LogP contribution in [0, 0.1) is 5.92 Å². The molecule has 2 aliphatic rings. The third-order valence-electron chi connectivity index (χ3n) is 5.10. The van der Waals surface area contributed by atoms with Gasteiger partial charge in [0.05, 0.1) is 0 Å². The second-order valence-electron chi connectivity index (χ2n) is 6.76. The first kappa shape index (κ1) is 17.6. The van der Waals surface area contributed by atoms with Gasteiger partial charge in [-0.3, -0.25) is 0 Å². The maximum Gasteiger partial charge on any atom is 0.526 e. The van der Waals surface area contributed by atoms with Crippen LogP contribution in [-0.4, -0.2) is 42.2 Å².